The van der Waals surface area contributed by atoms with E-state index in [1.807, 2.05) is 59.5 Å². The first-order valence-corrected chi connectivity index (χ1v) is 12.8. The number of rotatable bonds is 10. The normalized spacial score (nSPS) is 10.7. The number of carbonyl (C=O) groups is 2. The maximum atomic E-state index is 12.5. The summed E-state index contributed by atoms with van der Waals surface area (Å²) < 4.78 is 7.12. The average Bonchev–Trinajstić information content (AvgIpc) is 3.57. The van der Waals surface area contributed by atoms with Crippen LogP contribution >= 0.6 is 23.5 Å². The number of nitrogens with zero attached hydrogens (tertiary/aromatic N) is 2. The number of furan rings is 1. The molecule has 4 rings (SSSR count). The van der Waals surface area contributed by atoms with Gasteiger partial charge in [-0.05, 0) is 54.3 Å². The van der Waals surface area contributed by atoms with Gasteiger partial charge in [-0.25, -0.2) is 4.98 Å². The maximum Gasteiger partial charge on any atom is 0.251 e. The molecule has 0 spiro atoms. The first kappa shape index (κ1) is 23.7. The van der Waals surface area contributed by atoms with Crippen molar-refractivity contribution in [1.29, 1.82) is 0 Å². The van der Waals surface area contributed by atoms with Gasteiger partial charge in [0.15, 0.2) is 5.16 Å². The Kier molecular flexibility index (Phi) is 8.11. The Bertz CT molecular complexity index is 1240. The summed E-state index contributed by atoms with van der Waals surface area (Å²) in [6.45, 7) is 0.802. The number of imidazole rings is 1. The SMILES string of the molecule is CSc1ccc(CNC(=O)CSc2nccn2-c2cccc(C(=O)NCc3ccco3)c2)cc1. The van der Waals surface area contributed by atoms with E-state index in [0.29, 0.717) is 29.6 Å². The fourth-order valence-electron chi connectivity index (χ4n) is 3.20. The molecule has 0 aliphatic rings. The maximum absolute atomic E-state index is 12.5. The molecule has 0 bridgehead atoms. The molecule has 4 aromatic rings. The van der Waals surface area contributed by atoms with Gasteiger partial charge >= 0.3 is 0 Å². The van der Waals surface area contributed by atoms with E-state index in [0.717, 1.165) is 11.3 Å². The lowest BCUT2D eigenvalue weighted by atomic mass is 10.2. The minimum atomic E-state index is -0.197. The predicted octanol–water partition coefficient (Wildman–Crippen LogP) is 4.53. The first-order valence-electron chi connectivity index (χ1n) is 10.6. The Morgan fingerprint density at radius 3 is 2.65 bits per heavy atom. The van der Waals surface area contributed by atoms with E-state index < -0.39 is 0 Å². The lowest BCUT2D eigenvalue weighted by Gasteiger charge is -2.10. The van der Waals surface area contributed by atoms with Gasteiger partial charge in [0, 0.05) is 35.1 Å². The summed E-state index contributed by atoms with van der Waals surface area (Å²) in [5, 5.41) is 6.46. The summed E-state index contributed by atoms with van der Waals surface area (Å²) in [4.78, 5) is 30.5. The zero-order chi connectivity index (χ0) is 23.8. The van der Waals surface area contributed by atoms with E-state index in [2.05, 4.69) is 15.6 Å². The number of aromatic nitrogens is 2. The van der Waals surface area contributed by atoms with Crippen molar-refractivity contribution >= 4 is 35.3 Å². The number of hydrogen-bond acceptors (Lipinski definition) is 6. The molecule has 2 aromatic heterocycles. The van der Waals surface area contributed by atoms with Gasteiger partial charge in [-0.2, -0.15) is 0 Å². The molecule has 9 heteroatoms. The minimum absolute atomic E-state index is 0.0699. The van der Waals surface area contributed by atoms with Gasteiger partial charge in [0.1, 0.15) is 5.76 Å². The third-order valence-corrected chi connectivity index (χ3v) is 6.69. The molecule has 0 saturated heterocycles. The van der Waals surface area contributed by atoms with Gasteiger partial charge in [-0.1, -0.05) is 30.0 Å². The number of thioether (sulfide) groups is 2. The molecule has 174 valence electrons. The molecule has 0 atom stereocenters. The molecule has 0 fully saturated rings. The third kappa shape index (κ3) is 6.33. The zero-order valence-electron chi connectivity index (χ0n) is 18.6. The Labute approximate surface area is 206 Å². The van der Waals surface area contributed by atoms with Crippen LogP contribution in [0, 0.1) is 0 Å². The summed E-state index contributed by atoms with van der Waals surface area (Å²) in [5.74, 6) is 0.661. The topological polar surface area (TPSA) is 89.2 Å². The van der Waals surface area contributed by atoms with E-state index in [4.69, 9.17) is 4.42 Å². The summed E-state index contributed by atoms with van der Waals surface area (Å²) in [6.07, 6.45) is 7.10. The van der Waals surface area contributed by atoms with Gasteiger partial charge in [0.05, 0.1) is 18.6 Å². The molecule has 2 N–H and O–H groups in total. The highest BCUT2D eigenvalue weighted by atomic mass is 32.2. The molecule has 0 saturated carbocycles. The second-order valence-electron chi connectivity index (χ2n) is 7.31. The van der Waals surface area contributed by atoms with Crippen molar-refractivity contribution in [3.63, 3.8) is 0 Å². The molecule has 2 amide bonds. The predicted molar refractivity (Wildman–Crippen MR) is 134 cm³/mol. The van der Waals surface area contributed by atoms with Crippen LogP contribution in [0.4, 0.5) is 0 Å². The fraction of sp³-hybridized carbons (Fsp3) is 0.160. The van der Waals surface area contributed by atoms with E-state index in [1.165, 1.54) is 16.7 Å². The number of amides is 2. The highest BCUT2D eigenvalue weighted by Crippen LogP contribution is 2.21. The highest BCUT2D eigenvalue weighted by Gasteiger charge is 2.12. The molecular formula is C25H24N4O3S2. The quantitative estimate of drug-likeness (QED) is 0.316. The van der Waals surface area contributed by atoms with Crippen LogP contribution in [0.5, 0.6) is 0 Å². The second kappa shape index (κ2) is 11.6. The molecule has 34 heavy (non-hydrogen) atoms. The van der Waals surface area contributed by atoms with Gasteiger partial charge in [-0.15, -0.1) is 11.8 Å². The standard InChI is InChI=1S/C25H24N4O3S2/c1-33-22-9-7-18(8-10-22)15-27-23(30)17-34-25-26-11-12-29(25)20-5-2-4-19(14-20)24(31)28-16-21-6-3-13-32-21/h2-14H,15-17H2,1H3,(H,27,30)(H,28,31). The molecule has 2 aromatic carbocycles. The van der Waals surface area contributed by atoms with E-state index in [-0.39, 0.29) is 17.6 Å². The Hall–Kier alpha value is -3.43. The van der Waals surface area contributed by atoms with Gasteiger partial charge in [0.25, 0.3) is 5.91 Å². The number of benzene rings is 2. The second-order valence-corrected chi connectivity index (χ2v) is 9.13. The molecule has 7 nitrogen and oxygen atoms in total. The Morgan fingerprint density at radius 2 is 1.88 bits per heavy atom. The van der Waals surface area contributed by atoms with Gasteiger partial charge < -0.3 is 15.1 Å². The number of hydrogen-bond donors (Lipinski definition) is 2. The van der Waals surface area contributed by atoms with Crippen LogP contribution in [-0.2, 0) is 17.9 Å². The fourth-order valence-corrected chi connectivity index (χ4v) is 4.41. The largest absolute Gasteiger partial charge is 0.467 e. The van der Waals surface area contributed by atoms with Gasteiger partial charge in [0.2, 0.25) is 5.91 Å². The van der Waals surface area contributed by atoms with E-state index in [1.54, 1.807) is 42.4 Å². The van der Waals surface area contributed by atoms with Crippen LogP contribution in [0.25, 0.3) is 5.69 Å². The third-order valence-electron chi connectivity index (χ3n) is 4.98. The molecule has 0 unspecified atom stereocenters. The van der Waals surface area contributed by atoms with Crippen LogP contribution in [0.2, 0.25) is 0 Å². The lowest BCUT2D eigenvalue weighted by molar-refractivity contribution is -0.118. The monoisotopic (exact) mass is 492 g/mol. The van der Waals surface area contributed by atoms with Crippen LogP contribution in [-0.4, -0.2) is 33.4 Å². The summed E-state index contributed by atoms with van der Waals surface area (Å²) in [5.41, 5.74) is 2.37. The number of carbonyl (C=O) groups excluding carboxylic acids is 2. The lowest BCUT2D eigenvalue weighted by Crippen LogP contribution is -2.24. The van der Waals surface area contributed by atoms with E-state index >= 15 is 0 Å². The number of nitrogens with one attached hydrogen (secondary N) is 2. The van der Waals surface area contributed by atoms with Crippen molar-refractivity contribution in [3.8, 4) is 5.69 Å². The zero-order valence-corrected chi connectivity index (χ0v) is 20.2. The Balaban J connectivity index is 1.33. The molecule has 0 radical (unpaired) electrons. The van der Waals surface area contributed by atoms with Crippen LogP contribution in [0.3, 0.4) is 0 Å². The van der Waals surface area contributed by atoms with Crippen molar-refractivity contribution in [1.82, 2.24) is 20.2 Å². The highest BCUT2D eigenvalue weighted by molar-refractivity contribution is 7.99. The van der Waals surface area contributed by atoms with Crippen molar-refractivity contribution in [3.05, 3.63) is 96.2 Å². The summed E-state index contributed by atoms with van der Waals surface area (Å²) in [7, 11) is 0. The Morgan fingerprint density at radius 1 is 1.03 bits per heavy atom. The van der Waals surface area contributed by atoms with Crippen LogP contribution in [0.15, 0.2) is 93.8 Å². The molecule has 2 heterocycles. The first-order chi connectivity index (χ1) is 16.6. The van der Waals surface area contributed by atoms with Crippen molar-refractivity contribution in [2.45, 2.75) is 23.1 Å². The molecular weight excluding hydrogens is 468 g/mol. The summed E-state index contributed by atoms with van der Waals surface area (Å²) in [6, 6.07) is 19.0. The van der Waals surface area contributed by atoms with Crippen molar-refractivity contribution < 1.29 is 14.0 Å². The molecule has 0 aliphatic carbocycles. The van der Waals surface area contributed by atoms with Crippen LogP contribution < -0.4 is 10.6 Å². The van der Waals surface area contributed by atoms with E-state index in [9.17, 15) is 9.59 Å². The smallest absolute Gasteiger partial charge is 0.251 e. The summed E-state index contributed by atoms with van der Waals surface area (Å²) >= 11 is 3.03. The van der Waals surface area contributed by atoms with Crippen LogP contribution in [0.1, 0.15) is 21.7 Å². The van der Waals surface area contributed by atoms with Crippen molar-refractivity contribution in [2.24, 2.45) is 0 Å². The minimum Gasteiger partial charge on any atom is -0.467 e. The van der Waals surface area contributed by atoms with Crippen molar-refractivity contribution in [2.75, 3.05) is 12.0 Å². The molecule has 0 aliphatic heterocycles. The van der Waals surface area contributed by atoms with Gasteiger partial charge in [-0.3, -0.25) is 14.2 Å². The average molecular weight is 493 g/mol.